The van der Waals surface area contributed by atoms with E-state index in [0.717, 1.165) is 18.2 Å². The van der Waals surface area contributed by atoms with Crippen LogP contribution in [0.15, 0.2) is 53.2 Å². The third-order valence-corrected chi connectivity index (χ3v) is 2.78. The van der Waals surface area contributed by atoms with Crippen molar-refractivity contribution in [1.82, 2.24) is 0 Å². The maximum atomic E-state index is 12.8. The van der Waals surface area contributed by atoms with Crippen LogP contribution >= 0.6 is 0 Å². The highest BCUT2D eigenvalue weighted by Gasteiger charge is 2.33. The molecule has 1 N–H and O–H groups in total. The number of anilines is 1. The van der Waals surface area contributed by atoms with Crippen LogP contribution < -0.4 is 5.32 Å². The van der Waals surface area contributed by atoms with Crippen molar-refractivity contribution in [2.24, 2.45) is 0 Å². The molecule has 8 heteroatoms. The first kappa shape index (κ1) is 17.3. The number of nitrogens with one attached hydrogen (secondary N) is 1. The number of amides is 1. The van der Waals surface area contributed by atoms with Crippen LogP contribution in [-0.2, 0) is 20.5 Å². The Labute approximate surface area is 134 Å². The van der Waals surface area contributed by atoms with Crippen LogP contribution in [0.1, 0.15) is 11.3 Å². The lowest BCUT2D eigenvalue weighted by Gasteiger charge is -2.13. The standard InChI is InChI=1S/C16H12F3NO4/c17-16(18,19)12-5-1-2-6-13(12)20-14(21)10-24-15(22)8-7-11-4-3-9-23-11/h1-9H,10H2,(H,20,21)/b8-7+. The first-order valence-electron chi connectivity index (χ1n) is 6.70. The summed E-state index contributed by atoms with van der Waals surface area (Å²) in [4.78, 5) is 23.0. The van der Waals surface area contributed by atoms with E-state index < -0.39 is 35.9 Å². The van der Waals surface area contributed by atoms with Gasteiger partial charge in [-0.2, -0.15) is 13.2 Å². The van der Waals surface area contributed by atoms with Gasteiger partial charge in [-0.25, -0.2) is 4.79 Å². The lowest BCUT2D eigenvalue weighted by molar-refractivity contribution is -0.142. The first-order chi connectivity index (χ1) is 11.4. The summed E-state index contributed by atoms with van der Waals surface area (Å²) in [6, 6.07) is 7.73. The number of esters is 1. The van der Waals surface area contributed by atoms with Gasteiger partial charge >= 0.3 is 12.1 Å². The lowest BCUT2D eigenvalue weighted by Crippen LogP contribution is -2.22. The molecule has 1 aromatic carbocycles. The summed E-state index contributed by atoms with van der Waals surface area (Å²) >= 11 is 0. The third-order valence-electron chi connectivity index (χ3n) is 2.78. The number of hydrogen-bond donors (Lipinski definition) is 1. The van der Waals surface area contributed by atoms with Crippen LogP contribution in [0.4, 0.5) is 18.9 Å². The lowest BCUT2D eigenvalue weighted by atomic mass is 10.1. The Morgan fingerprint density at radius 3 is 2.58 bits per heavy atom. The molecule has 1 amide bonds. The van der Waals surface area contributed by atoms with Crippen molar-refractivity contribution in [3.05, 3.63) is 60.1 Å². The molecule has 1 heterocycles. The number of halogens is 3. The van der Waals surface area contributed by atoms with Crippen LogP contribution in [0.3, 0.4) is 0 Å². The van der Waals surface area contributed by atoms with E-state index in [1.54, 1.807) is 12.1 Å². The van der Waals surface area contributed by atoms with E-state index in [0.29, 0.717) is 5.76 Å². The Morgan fingerprint density at radius 1 is 1.17 bits per heavy atom. The van der Waals surface area contributed by atoms with E-state index in [4.69, 9.17) is 4.42 Å². The molecule has 24 heavy (non-hydrogen) atoms. The molecule has 0 atom stereocenters. The summed E-state index contributed by atoms with van der Waals surface area (Å²) in [5.41, 5.74) is -1.39. The highest BCUT2D eigenvalue weighted by molar-refractivity contribution is 5.95. The second kappa shape index (κ2) is 7.49. The highest BCUT2D eigenvalue weighted by atomic mass is 19.4. The summed E-state index contributed by atoms with van der Waals surface area (Å²) in [6.45, 7) is -0.715. The fraction of sp³-hybridized carbons (Fsp3) is 0.125. The number of carbonyl (C=O) groups is 2. The van der Waals surface area contributed by atoms with Crippen LogP contribution in [-0.4, -0.2) is 18.5 Å². The van der Waals surface area contributed by atoms with Crippen LogP contribution in [0.2, 0.25) is 0 Å². The quantitative estimate of drug-likeness (QED) is 0.669. The Balaban J connectivity index is 1.89. The Hall–Kier alpha value is -3.03. The van der Waals surface area contributed by atoms with Crippen molar-refractivity contribution < 1.29 is 31.9 Å². The van der Waals surface area contributed by atoms with Gasteiger partial charge in [-0.3, -0.25) is 4.79 Å². The molecule has 0 aliphatic heterocycles. The van der Waals surface area contributed by atoms with Gasteiger partial charge in [0.25, 0.3) is 5.91 Å². The molecular weight excluding hydrogens is 327 g/mol. The second-order valence-electron chi connectivity index (χ2n) is 4.55. The number of ether oxygens (including phenoxy) is 1. The number of carbonyl (C=O) groups excluding carboxylic acids is 2. The minimum atomic E-state index is -4.60. The maximum Gasteiger partial charge on any atom is 0.418 e. The van der Waals surface area contributed by atoms with Crippen molar-refractivity contribution in [3.8, 4) is 0 Å². The number of para-hydroxylation sites is 1. The summed E-state index contributed by atoms with van der Waals surface area (Å²) in [5, 5.41) is 2.06. The molecule has 126 valence electrons. The Morgan fingerprint density at radius 2 is 1.92 bits per heavy atom. The molecular formula is C16H12F3NO4. The normalized spacial score (nSPS) is 11.5. The monoisotopic (exact) mass is 339 g/mol. The minimum absolute atomic E-state index is 0.405. The average Bonchev–Trinajstić information content (AvgIpc) is 3.04. The van der Waals surface area contributed by atoms with Crippen LogP contribution in [0.25, 0.3) is 6.08 Å². The predicted octanol–water partition coefficient (Wildman–Crippen LogP) is 3.49. The maximum absolute atomic E-state index is 12.8. The van der Waals surface area contributed by atoms with E-state index in [1.165, 1.54) is 24.5 Å². The third kappa shape index (κ3) is 5.01. The molecule has 0 fully saturated rings. The largest absolute Gasteiger partial charge is 0.465 e. The summed E-state index contributed by atoms with van der Waals surface area (Å²) in [7, 11) is 0. The predicted molar refractivity (Wildman–Crippen MR) is 78.8 cm³/mol. The molecule has 1 aromatic heterocycles. The number of benzene rings is 1. The Kier molecular flexibility index (Phi) is 5.41. The number of hydrogen-bond acceptors (Lipinski definition) is 4. The van der Waals surface area contributed by atoms with Crippen molar-refractivity contribution >= 4 is 23.6 Å². The molecule has 0 unspecified atom stereocenters. The first-order valence-corrected chi connectivity index (χ1v) is 6.70. The molecule has 0 spiro atoms. The van der Waals surface area contributed by atoms with E-state index in [9.17, 15) is 22.8 Å². The number of furan rings is 1. The van der Waals surface area contributed by atoms with E-state index >= 15 is 0 Å². The molecule has 2 rings (SSSR count). The van der Waals surface area contributed by atoms with E-state index in [1.807, 2.05) is 0 Å². The fourth-order valence-electron chi connectivity index (χ4n) is 1.75. The van der Waals surface area contributed by atoms with E-state index in [2.05, 4.69) is 10.1 Å². The van der Waals surface area contributed by atoms with Gasteiger partial charge in [-0.15, -0.1) is 0 Å². The molecule has 0 bridgehead atoms. The zero-order valence-electron chi connectivity index (χ0n) is 12.2. The molecule has 0 radical (unpaired) electrons. The minimum Gasteiger partial charge on any atom is -0.465 e. The second-order valence-corrected chi connectivity index (χ2v) is 4.55. The Bertz CT molecular complexity index is 736. The molecule has 0 saturated heterocycles. The van der Waals surface area contributed by atoms with Crippen molar-refractivity contribution in [2.45, 2.75) is 6.18 Å². The van der Waals surface area contributed by atoms with Gasteiger partial charge in [-0.1, -0.05) is 12.1 Å². The van der Waals surface area contributed by atoms with Crippen molar-refractivity contribution in [3.63, 3.8) is 0 Å². The van der Waals surface area contributed by atoms with Gasteiger partial charge in [0.05, 0.1) is 17.5 Å². The molecule has 0 saturated carbocycles. The zero-order valence-corrected chi connectivity index (χ0v) is 12.2. The molecule has 2 aromatic rings. The van der Waals surface area contributed by atoms with Crippen molar-refractivity contribution in [2.75, 3.05) is 11.9 Å². The van der Waals surface area contributed by atoms with Gasteiger partial charge in [0.2, 0.25) is 0 Å². The van der Waals surface area contributed by atoms with Gasteiger partial charge in [0.1, 0.15) is 5.76 Å². The van der Waals surface area contributed by atoms with Crippen molar-refractivity contribution in [1.29, 1.82) is 0 Å². The average molecular weight is 339 g/mol. The number of rotatable bonds is 5. The van der Waals surface area contributed by atoms with Crippen LogP contribution in [0.5, 0.6) is 0 Å². The fourth-order valence-corrected chi connectivity index (χ4v) is 1.75. The molecule has 0 aliphatic carbocycles. The van der Waals surface area contributed by atoms with Gasteiger partial charge in [0.15, 0.2) is 6.61 Å². The SMILES string of the molecule is O=C(COC(=O)/C=C/c1ccco1)Nc1ccccc1C(F)(F)F. The van der Waals surface area contributed by atoms with Crippen LogP contribution in [0, 0.1) is 0 Å². The summed E-state index contributed by atoms with van der Waals surface area (Å²) in [5.74, 6) is -1.30. The summed E-state index contributed by atoms with van der Waals surface area (Å²) in [6.07, 6.45) is -0.822. The molecule has 5 nitrogen and oxygen atoms in total. The summed E-state index contributed by atoms with van der Waals surface area (Å²) < 4.78 is 48.0. The van der Waals surface area contributed by atoms with Gasteiger partial charge in [0, 0.05) is 6.08 Å². The van der Waals surface area contributed by atoms with Gasteiger partial charge < -0.3 is 14.5 Å². The zero-order chi connectivity index (χ0) is 17.6. The highest BCUT2D eigenvalue weighted by Crippen LogP contribution is 2.34. The topological polar surface area (TPSA) is 68.5 Å². The van der Waals surface area contributed by atoms with E-state index in [-0.39, 0.29) is 0 Å². The van der Waals surface area contributed by atoms with Gasteiger partial charge in [-0.05, 0) is 30.3 Å². The number of alkyl halides is 3. The molecule has 0 aliphatic rings. The smallest absolute Gasteiger partial charge is 0.418 e.